The SMILES string of the molecule is COc1ccc(CNC(=O)C2CCN(C(=O)Nc3cccs3)CC2)cc1. The Hall–Kier alpha value is -2.54. The predicted octanol–water partition coefficient (Wildman–Crippen LogP) is 3.32. The second-order valence-electron chi connectivity index (χ2n) is 6.23. The molecule has 6 nitrogen and oxygen atoms in total. The van der Waals surface area contributed by atoms with Gasteiger partial charge in [0.2, 0.25) is 5.91 Å². The maximum Gasteiger partial charge on any atom is 0.322 e. The molecule has 0 bridgehead atoms. The Morgan fingerprint density at radius 1 is 1.19 bits per heavy atom. The molecule has 0 unspecified atom stereocenters. The number of carbonyl (C=O) groups excluding carboxylic acids is 2. The minimum atomic E-state index is -0.0930. The van der Waals surface area contributed by atoms with Gasteiger partial charge in [0.1, 0.15) is 5.75 Å². The lowest BCUT2D eigenvalue weighted by molar-refractivity contribution is -0.126. The van der Waals surface area contributed by atoms with Crippen LogP contribution >= 0.6 is 11.3 Å². The van der Waals surface area contributed by atoms with Gasteiger partial charge in [-0.2, -0.15) is 0 Å². The first-order chi connectivity index (χ1) is 12.7. The third-order valence-corrected chi connectivity index (χ3v) is 5.32. The van der Waals surface area contributed by atoms with Crippen molar-refractivity contribution in [2.75, 3.05) is 25.5 Å². The number of amides is 3. The van der Waals surface area contributed by atoms with Crippen molar-refractivity contribution >= 4 is 28.3 Å². The lowest BCUT2D eigenvalue weighted by Gasteiger charge is -2.31. The van der Waals surface area contributed by atoms with Crippen molar-refractivity contribution in [3.05, 3.63) is 47.3 Å². The summed E-state index contributed by atoms with van der Waals surface area (Å²) < 4.78 is 5.13. The number of hydrogen-bond acceptors (Lipinski definition) is 4. The number of anilines is 1. The molecule has 0 atom stereocenters. The average molecular weight is 373 g/mol. The molecular formula is C19H23N3O3S. The van der Waals surface area contributed by atoms with Gasteiger partial charge >= 0.3 is 6.03 Å². The van der Waals surface area contributed by atoms with Crippen LogP contribution in [0.2, 0.25) is 0 Å². The molecule has 3 amide bonds. The monoisotopic (exact) mass is 373 g/mol. The molecule has 1 aromatic heterocycles. The number of nitrogens with one attached hydrogen (secondary N) is 2. The summed E-state index contributed by atoms with van der Waals surface area (Å²) in [6.45, 7) is 1.69. The lowest BCUT2D eigenvalue weighted by Crippen LogP contribution is -2.44. The summed E-state index contributed by atoms with van der Waals surface area (Å²) in [4.78, 5) is 26.4. The number of rotatable bonds is 5. The summed E-state index contributed by atoms with van der Waals surface area (Å²) in [6.07, 6.45) is 1.37. The van der Waals surface area contributed by atoms with E-state index >= 15 is 0 Å². The second-order valence-corrected chi connectivity index (χ2v) is 7.18. The van der Waals surface area contributed by atoms with E-state index in [1.165, 1.54) is 11.3 Å². The highest BCUT2D eigenvalue weighted by molar-refractivity contribution is 7.14. The summed E-state index contributed by atoms with van der Waals surface area (Å²) in [6, 6.07) is 11.3. The fourth-order valence-electron chi connectivity index (χ4n) is 2.96. The first-order valence-corrected chi connectivity index (χ1v) is 9.54. The second kappa shape index (κ2) is 8.71. The zero-order valence-electron chi connectivity index (χ0n) is 14.7. The Kier molecular flexibility index (Phi) is 6.12. The van der Waals surface area contributed by atoms with E-state index < -0.39 is 0 Å². The van der Waals surface area contributed by atoms with Crippen LogP contribution in [0.4, 0.5) is 9.80 Å². The van der Waals surface area contributed by atoms with Crippen molar-refractivity contribution in [3.8, 4) is 5.75 Å². The van der Waals surface area contributed by atoms with E-state index in [-0.39, 0.29) is 17.9 Å². The lowest BCUT2D eigenvalue weighted by atomic mass is 9.96. The van der Waals surface area contributed by atoms with Crippen LogP contribution in [0.1, 0.15) is 18.4 Å². The van der Waals surface area contributed by atoms with E-state index in [4.69, 9.17) is 4.74 Å². The van der Waals surface area contributed by atoms with E-state index in [0.717, 1.165) is 16.3 Å². The van der Waals surface area contributed by atoms with Gasteiger partial charge in [-0.1, -0.05) is 12.1 Å². The highest BCUT2D eigenvalue weighted by Crippen LogP contribution is 2.20. The zero-order valence-corrected chi connectivity index (χ0v) is 15.6. The number of hydrogen-bond donors (Lipinski definition) is 2. The maximum atomic E-state index is 12.4. The molecule has 0 spiro atoms. The highest BCUT2D eigenvalue weighted by atomic mass is 32.1. The van der Waals surface area contributed by atoms with Crippen LogP contribution in [0.15, 0.2) is 41.8 Å². The van der Waals surface area contributed by atoms with Crippen molar-refractivity contribution in [1.82, 2.24) is 10.2 Å². The number of nitrogens with zero attached hydrogens (tertiary/aromatic N) is 1. The van der Waals surface area contributed by atoms with Gasteiger partial charge < -0.3 is 15.0 Å². The Balaban J connectivity index is 1.42. The molecule has 1 saturated heterocycles. The van der Waals surface area contributed by atoms with Crippen molar-refractivity contribution in [1.29, 1.82) is 0 Å². The van der Waals surface area contributed by atoms with Gasteiger partial charge in [-0.05, 0) is 48.1 Å². The Morgan fingerprint density at radius 2 is 1.92 bits per heavy atom. The van der Waals surface area contributed by atoms with Crippen LogP contribution in [-0.4, -0.2) is 37.0 Å². The van der Waals surface area contributed by atoms with Gasteiger partial charge in [-0.25, -0.2) is 4.79 Å². The fraction of sp³-hybridized carbons (Fsp3) is 0.368. The summed E-state index contributed by atoms with van der Waals surface area (Å²) in [5.41, 5.74) is 1.03. The maximum absolute atomic E-state index is 12.4. The normalized spacial score (nSPS) is 14.7. The highest BCUT2D eigenvalue weighted by Gasteiger charge is 2.27. The molecule has 2 heterocycles. The van der Waals surface area contributed by atoms with Crippen molar-refractivity contribution in [3.63, 3.8) is 0 Å². The van der Waals surface area contributed by atoms with Crippen LogP contribution in [0.5, 0.6) is 5.75 Å². The molecule has 138 valence electrons. The van der Waals surface area contributed by atoms with Gasteiger partial charge in [0.25, 0.3) is 0 Å². The largest absolute Gasteiger partial charge is 0.497 e. The number of thiophene rings is 1. The Bertz CT molecular complexity index is 723. The number of likely N-dealkylation sites (tertiary alicyclic amines) is 1. The van der Waals surface area contributed by atoms with Gasteiger partial charge in [0.05, 0.1) is 12.1 Å². The molecule has 1 fully saturated rings. The van der Waals surface area contributed by atoms with Crippen LogP contribution < -0.4 is 15.4 Å². The third-order valence-electron chi connectivity index (χ3n) is 4.53. The summed E-state index contributed by atoms with van der Waals surface area (Å²) in [5, 5.41) is 8.64. The number of benzene rings is 1. The molecule has 7 heteroatoms. The Labute approximate surface area is 157 Å². The van der Waals surface area contributed by atoms with Crippen LogP contribution in [-0.2, 0) is 11.3 Å². The molecule has 1 aliphatic rings. The van der Waals surface area contributed by atoms with E-state index in [9.17, 15) is 9.59 Å². The first kappa shape index (κ1) is 18.3. The Morgan fingerprint density at radius 3 is 2.54 bits per heavy atom. The van der Waals surface area contributed by atoms with Gasteiger partial charge in [0.15, 0.2) is 0 Å². The minimum Gasteiger partial charge on any atom is -0.497 e. The van der Waals surface area contributed by atoms with Crippen LogP contribution in [0.3, 0.4) is 0 Å². The first-order valence-electron chi connectivity index (χ1n) is 8.66. The number of urea groups is 1. The van der Waals surface area contributed by atoms with Crippen molar-refractivity contribution in [2.45, 2.75) is 19.4 Å². The molecule has 1 aromatic carbocycles. The number of piperidine rings is 1. The molecule has 0 radical (unpaired) electrons. The van der Waals surface area contributed by atoms with Gasteiger partial charge in [0, 0.05) is 25.6 Å². The van der Waals surface area contributed by atoms with Crippen LogP contribution in [0.25, 0.3) is 0 Å². The third kappa shape index (κ3) is 4.76. The molecule has 26 heavy (non-hydrogen) atoms. The number of carbonyl (C=O) groups is 2. The van der Waals surface area contributed by atoms with Gasteiger partial charge in [-0.3, -0.25) is 10.1 Å². The standard InChI is InChI=1S/C19H23N3O3S/c1-25-16-6-4-14(5-7-16)13-20-18(23)15-8-10-22(11-9-15)19(24)21-17-3-2-12-26-17/h2-7,12,15H,8-11,13H2,1H3,(H,20,23)(H,21,24). The van der Waals surface area contributed by atoms with Crippen molar-refractivity contribution < 1.29 is 14.3 Å². The van der Waals surface area contributed by atoms with E-state index in [1.807, 2.05) is 41.8 Å². The number of ether oxygens (including phenoxy) is 1. The minimum absolute atomic E-state index is 0.0426. The van der Waals surface area contributed by atoms with Gasteiger partial charge in [-0.15, -0.1) is 11.3 Å². The molecule has 0 saturated carbocycles. The fourth-order valence-corrected chi connectivity index (χ4v) is 3.56. The topological polar surface area (TPSA) is 70.7 Å². The van der Waals surface area contributed by atoms with Crippen LogP contribution in [0, 0.1) is 5.92 Å². The predicted molar refractivity (Wildman–Crippen MR) is 102 cm³/mol. The molecule has 2 N–H and O–H groups in total. The van der Waals surface area contributed by atoms with E-state index in [0.29, 0.717) is 32.5 Å². The summed E-state index contributed by atoms with van der Waals surface area (Å²) in [7, 11) is 1.63. The quantitative estimate of drug-likeness (QED) is 0.845. The number of methoxy groups -OCH3 is 1. The summed E-state index contributed by atoms with van der Waals surface area (Å²) in [5.74, 6) is 0.812. The molecule has 2 aromatic rings. The summed E-state index contributed by atoms with van der Waals surface area (Å²) >= 11 is 1.50. The molecule has 0 aliphatic carbocycles. The van der Waals surface area contributed by atoms with E-state index in [2.05, 4.69) is 10.6 Å². The van der Waals surface area contributed by atoms with Crippen molar-refractivity contribution in [2.24, 2.45) is 5.92 Å². The average Bonchev–Trinajstić information content (AvgIpc) is 3.19. The smallest absolute Gasteiger partial charge is 0.322 e. The van der Waals surface area contributed by atoms with E-state index in [1.54, 1.807) is 12.0 Å². The molecular weight excluding hydrogens is 350 g/mol. The zero-order chi connectivity index (χ0) is 18.4. The molecule has 3 rings (SSSR count). The molecule has 1 aliphatic heterocycles.